The molecule has 8 heteroatoms. The first kappa shape index (κ1) is 20.7. The van der Waals surface area contributed by atoms with Crippen LogP contribution in [-0.2, 0) is 21.1 Å². The van der Waals surface area contributed by atoms with Gasteiger partial charge in [0, 0.05) is 24.3 Å². The number of rotatable bonds is 6. The normalized spacial score (nSPS) is 23.3. The Morgan fingerprint density at radius 1 is 0.967 bits per heavy atom. The van der Waals surface area contributed by atoms with Crippen LogP contribution in [0.2, 0.25) is 0 Å². The van der Waals surface area contributed by atoms with Crippen LogP contribution in [0.4, 0.5) is 5.69 Å². The number of carbonyl (C=O) groups is 1. The summed E-state index contributed by atoms with van der Waals surface area (Å²) in [5, 5.41) is 0. The molecule has 0 aliphatic carbocycles. The van der Waals surface area contributed by atoms with Gasteiger partial charge in [-0.2, -0.15) is 0 Å². The first-order valence-corrected chi connectivity index (χ1v) is 11.8. The standard InChI is InChI=1S/C22H26N2O5S/c1-28-18-8-6-16(7-9-18)10-11-23-13-22(25)24(17-4-3-5-19(12-17)29-2)21-15-30(26,27)14-20(21)23/h3-9,12,20-21H,10-11,13-15H2,1-2H3. The Balaban J connectivity index is 1.56. The summed E-state index contributed by atoms with van der Waals surface area (Å²) >= 11 is 0. The van der Waals surface area contributed by atoms with Crippen molar-refractivity contribution in [2.24, 2.45) is 0 Å². The number of carbonyl (C=O) groups excluding carboxylic acids is 1. The van der Waals surface area contributed by atoms with E-state index in [1.165, 1.54) is 0 Å². The van der Waals surface area contributed by atoms with E-state index in [2.05, 4.69) is 0 Å². The number of piperazine rings is 1. The first-order chi connectivity index (χ1) is 14.4. The molecule has 0 radical (unpaired) electrons. The van der Waals surface area contributed by atoms with Crippen LogP contribution >= 0.6 is 0 Å². The lowest BCUT2D eigenvalue weighted by Crippen LogP contribution is -2.62. The van der Waals surface area contributed by atoms with Gasteiger partial charge in [-0.05, 0) is 36.2 Å². The summed E-state index contributed by atoms with van der Waals surface area (Å²) in [5.41, 5.74) is 1.80. The van der Waals surface area contributed by atoms with Crippen molar-refractivity contribution in [2.45, 2.75) is 18.5 Å². The Morgan fingerprint density at radius 3 is 2.37 bits per heavy atom. The van der Waals surface area contributed by atoms with E-state index in [4.69, 9.17) is 9.47 Å². The number of amides is 1. The Kier molecular flexibility index (Phi) is 5.71. The van der Waals surface area contributed by atoms with Crippen LogP contribution in [0.1, 0.15) is 5.56 Å². The van der Waals surface area contributed by atoms with E-state index >= 15 is 0 Å². The molecule has 1 amide bonds. The van der Waals surface area contributed by atoms with Gasteiger partial charge in [0.15, 0.2) is 9.84 Å². The maximum atomic E-state index is 13.1. The van der Waals surface area contributed by atoms with Crippen molar-refractivity contribution in [1.82, 2.24) is 4.90 Å². The fourth-order valence-electron chi connectivity index (χ4n) is 4.36. The zero-order valence-corrected chi connectivity index (χ0v) is 18.0. The van der Waals surface area contributed by atoms with E-state index in [0.29, 0.717) is 18.0 Å². The van der Waals surface area contributed by atoms with Crippen molar-refractivity contribution in [3.8, 4) is 11.5 Å². The summed E-state index contributed by atoms with van der Waals surface area (Å²) in [6, 6.07) is 14.4. The molecule has 0 bridgehead atoms. The van der Waals surface area contributed by atoms with Crippen LogP contribution in [0.15, 0.2) is 48.5 Å². The summed E-state index contributed by atoms with van der Waals surface area (Å²) in [6.07, 6.45) is 0.736. The van der Waals surface area contributed by atoms with Crippen molar-refractivity contribution in [1.29, 1.82) is 0 Å². The minimum absolute atomic E-state index is 0.0142. The van der Waals surface area contributed by atoms with Crippen molar-refractivity contribution in [3.05, 3.63) is 54.1 Å². The number of ether oxygens (including phenoxy) is 2. The molecule has 2 atom stereocenters. The molecule has 0 saturated carbocycles. The summed E-state index contributed by atoms with van der Waals surface area (Å²) in [7, 11) is -0.0187. The second kappa shape index (κ2) is 8.28. The topological polar surface area (TPSA) is 76.2 Å². The largest absolute Gasteiger partial charge is 0.497 e. The molecule has 0 aromatic heterocycles. The van der Waals surface area contributed by atoms with Crippen molar-refractivity contribution in [2.75, 3.05) is 43.7 Å². The summed E-state index contributed by atoms with van der Waals surface area (Å²) < 4.78 is 35.5. The number of methoxy groups -OCH3 is 2. The monoisotopic (exact) mass is 430 g/mol. The maximum absolute atomic E-state index is 13.1. The highest BCUT2D eigenvalue weighted by Crippen LogP contribution is 2.33. The highest BCUT2D eigenvalue weighted by Gasteiger charge is 2.49. The zero-order valence-electron chi connectivity index (χ0n) is 17.2. The second-order valence-corrected chi connectivity index (χ2v) is 9.90. The van der Waals surface area contributed by atoms with E-state index in [0.717, 1.165) is 17.7 Å². The molecule has 4 rings (SSSR count). The zero-order chi connectivity index (χ0) is 21.3. The van der Waals surface area contributed by atoms with Gasteiger partial charge in [0.1, 0.15) is 11.5 Å². The second-order valence-electron chi connectivity index (χ2n) is 7.75. The average Bonchev–Trinajstić information content (AvgIpc) is 3.07. The highest BCUT2D eigenvalue weighted by molar-refractivity contribution is 7.91. The molecular weight excluding hydrogens is 404 g/mol. The quantitative estimate of drug-likeness (QED) is 0.695. The Bertz CT molecular complexity index is 1020. The Morgan fingerprint density at radius 2 is 1.67 bits per heavy atom. The maximum Gasteiger partial charge on any atom is 0.241 e. The number of anilines is 1. The molecule has 2 aromatic carbocycles. The van der Waals surface area contributed by atoms with E-state index in [9.17, 15) is 13.2 Å². The van der Waals surface area contributed by atoms with Gasteiger partial charge in [0.05, 0.1) is 38.3 Å². The van der Waals surface area contributed by atoms with Gasteiger partial charge in [0.25, 0.3) is 0 Å². The molecule has 2 aliphatic rings. The lowest BCUT2D eigenvalue weighted by Gasteiger charge is -2.43. The predicted molar refractivity (Wildman–Crippen MR) is 115 cm³/mol. The van der Waals surface area contributed by atoms with Crippen molar-refractivity contribution in [3.63, 3.8) is 0 Å². The number of nitrogens with zero attached hydrogens (tertiary/aromatic N) is 2. The molecule has 30 heavy (non-hydrogen) atoms. The number of benzene rings is 2. The van der Waals surface area contributed by atoms with Crippen LogP contribution in [-0.4, -0.2) is 70.1 Å². The van der Waals surface area contributed by atoms with Gasteiger partial charge < -0.3 is 14.4 Å². The average molecular weight is 431 g/mol. The van der Waals surface area contributed by atoms with Gasteiger partial charge in [0.2, 0.25) is 5.91 Å². The van der Waals surface area contributed by atoms with Gasteiger partial charge in [-0.15, -0.1) is 0 Å². The van der Waals surface area contributed by atoms with Crippen LogP contribution in [0.3, 0.4) is 0 Å². The number of sulfone groups is 1. The lowest BCUT2D eigenvalue weighted by molar-refractivity contribution is -0.123. The molecule has 7 nitrogen and oxygen atoms in total. The molecule has 2 fully saturated rings. The van der Waals surface area contributed by atoms with Crippen LogP contribution < -0.4 is 14.4 Å². The van der Waals surface area contributed by atoms with Gasteiger partial charge in [-0.3, -0.25) is 9.69 Å². The first-order valence-electron chi connectivity index (χ1n) is 9.94. The van der Waals surface area contributed by atoms with Gasteiger partial charge in [-0.25, -0.2) is 8.42 Å². The molecule has 2 aromatic rings. The molecule has 0 spiro atoms. The minimum atomic E-state index is -3.22. The molecule has 2 aliphatic heterocycles. The third-order valence-corrected chi connectivity index (χ3v) is 7.58. The van der Waals surface area contributed by atoms with Gasteiger partial charge >= 0.3 is 0 Å². The molecule has 0 N–H and O–H groups in total. The third-order valence-electron chi connectivity index (χ3n) is 5.88. The highest BCUT2D eigenvalue weighted by atomic mass is 32.2. The molecule has 160 valence electrons. The van der Waals surface area contributed by atoms with Gasteiger partial charge in [-0.1, -0.05) is 18.2 Å². The smallest absolute Gasteiger partial charge is 0.241 e. The van der Waals surface area contributed by atoms with E-state index in [1.54, 1.807) is 25.2 Å². The molecule has 2 heterocycles. The summed E-state index contributed by atoms with van der Waals surface area (Å²) in [5.74, 6) is 1.41. The number of hydrogen-bond acceptors (Lipinski definition) is 6. The fraction of sp³-hybridized carbons (Fsp3) is 0.409. The molecule has 2 unspecified atom stereocenters. The van der Waals surface area contributed by atoms with Crippen LogP contribution in [0, 0.1) is 0 Å². The lowest BCUT2D eigenvalue weighted by atomic mass is 10.0. The van der Waals surface area contributed by atoms with Crippen LogP contribution in [0.5, 0.6) is 11.5 Å². The number of hydrogen-bond donors (Lipinski definition) is 0. The predicted octanol–water partition coefficient (Wildman–Crippen LogP) is 1.76. The Labute approximate surface area is 177 Å². The SMILES string of the molecule is COc1ccc(CCN2CC(=O)N(c3cccc(OC)c3)C3CS(=O)(=O)CC32)cc1. The Hall–Kier alpha value is -2.58. The number of fused-ring (bicyclic) bond motifs is 1. The third kappa shape index (κ3) is 4.15. The molecule has 2 saturated heterocycles. The summed E-state index contributed by atoms with van der Waals surface area (Å²) in [6.45, 7) is 0.824. The molecular formula is C22H26N2O5S. The fourth-order valence-corrected chi connectivity index (χ4v) is 6.34. The summed E-state index contributed by atoms with van der Waals surface area (Å²) in [4.78, 5) is 16.8. The van der Waals surface area contributed by atoms with E-state index < -0.39 is 9.84 Å². The van der Waals surface area contributed by atoms with Crippen molar-refractivity contribution < 1.29 is 22.7 Å². The van der Waals surface area contributed by atoms with Crippen LogP contribution in [0.25, 0.3) is 0 Å². The van der Waals surface area contributed by atoms with E-state index in [1.807, 2.05) is 47.4 Å². The minimum Gasteiger partial charge on any atom is -0.497 e. The van der Waals surface area contributed by atoms with Crippen molar-refractivity contribution >= 4 is 21.4 Å². The van der Waals surface area contributed by atoms with E-state index in [-0.39, 0.29) is 36.0 Å².